The lowest BCUT2D eigenvalue weighted by Crippen LogP contribution is -2.42. The van der Waals surface area contributed by atoms with E-state index in [1.165, 1.54) is 17.3 Å². The maximum absolute atomic E-state index is 15.0. The fourth-order valence-electron chi connectivity index (χ4n) is 3.97. The predicted molar refractivity (Wildman–Crippen MR) is 128 cm³/mol. The number of amides is 1. The lowest BCUT2D eigenvalue weighted by molar-refractivity contribution is 0.0510. The van der Waals surface area contributed by atoms with Crippen molar-refractivity contribution >= 4 is 32.5 Å². The number of ether oxygens (including phenoxy) is 2. The first-order chi connectivity index (χ1) is 16.5. The van der Waals surface area contributed by atoms with Gasteiger partial charge < -0.3 is 14.4 Å². The summed E-state index contributed by atoms with van der Waals surface area (Å²) >= 11 is 0. The Morgan fingerprint density at radius 2 is 1.89 bits per heavy atom. The fraction of sp³-hybridized carbons (Fsp3) is 0.435. The molecule has 3 heterocycles. The smallest absolute Gasteiger partial charge is 0.410 e. The molecule has 0 spiro atoms. The molecule has 0 N–H and O–H groups in total. The van der Waals surface area contributed by atoms with Crippen LogP contribution in [0.5, 0.6) is 5.88 Å². The highest BCUT2D eigenvalue weighted by Gasteiger charge is 2.28. The van der Waals surface area contributed by atoms with Crippen molar-refractivity contribution in [2.45, 2.75) is 43.8 Å². The number of hydrogen-bond acceptors (Lipinski definition) is 7. The number of aryl methyl sites for hydroxylation is 1. The molecule has 0 saturated carbocycles. The van der Waals surface area contributed by atoms with Crippen LogP contribution in [0.3, 0.4) is 0 Å². The van der Waals surface area contributed by atoms with Crippen molar-refractivity contribution in [2.75, 3.05) is 19.3 Å². The number of benzene rings is 1. The van der Waals surface area contributed by atoms with Gasteiger partial charge >= 0.3 is 6.09 Å². The van der Waals surface area contributed by atoms with Crippen molar-refractivity contribution in [1.29, 1.82) is 0 Å². The molecule has 1 aliphatic heterocycles. The number of carbonyl (C=O) groups excluding carboxylic acids is 1. The van der Waals surface area contributed by atoms with Gasteiger partial charge in [0.1, 0.15) is 40.8 Å². The second-order valence-electron chi connectivity index (χ2n) is 8.85. The fourth-order valence-corrected chi connectivity index (χ4v) is 4.80. The number of likely N-dealkylation sites (tertiary alicyclic amines) is 1. The zero-order chi connectivity index (χ0) is 25.5. The van der Waals surface area contributed by atoms with Gasteiger partial charge in [0.05, 0.1) is 11.0 Å². The van der Waals surface area contributed by atoms with E-state index >= 15 is 0 Å². The molecule has 35 heavy (non-hydrogen) atoms. The lowest BCUT2D eigenvalue weighted by atomic mass is 10.1. The Labute approximate surface area is 202 Å². The number of rotatable bonds is 5. The molecule has 2 aromatic heterocycles. The molecule has 12 heteroatoms. The molecule has 1 amide bonds. The molecule has 4 rings (SSSR count). The standard InChI is InChI=1S/C23H27F2N5O4S/c1-13(2)33-23(31)30-8-6-14(7-9-30)34-22-21-20(26-12-27-22)19(28-29(21)3)15-10-17(25)18(11-16(15)24)35(4,5)32/h10-14H,4,6-9H2,1-3,5H3. The largest absolute Gasteiger partial charge is 0.473 e. The monoisotopic (exact) mass is 507 g/mol. The second-order valence-corrected chi connectivity index (χ2v) is 11.3. The summed E-state index contributed by atoms with van der Waals surface area (Å²) in [5, 5.41) is 4.34. The van der Waals surface area contributed by atoms with Crippen molar-refractivity contribution in [2.24, 2.45) is 7.05 Å². The van der Waals surface area contributed by atoms with E-state index in [0.29, 0.717) is 31.4 Å². The molecule has 1 atom stereocenters. The van der Waals surface area contributed by atoms with Crippen molar-refractivity contribution in [1.82, 2.24) is 24.6 Å². The van der Waals surface area contributed by atoms with E-state index in [2.05, 4.69) is 20.9 Å². The molecule has 0 bridgehead atoms. The Balaban J connectivity index is 1.61. The van der Waals surface area contributed by atoms with Crippen LogP contribution in [-0.2, 0) is 21.3 Å². The molecule has 188 valence electrons. The van der Waals surface area contributed by atoms with Gasteiger partial charge in [0.25, 0.3) is 0 Å². The summed E-state index contributed by atoms with van der Waals surface area (Å²) in [5.74, 6) is 2.06. The molecule has 0 radical (unpaired) electrons. The SMILES string of the molecule is C=S(C)(=O)c1cc(F)c(-c2nn(C)c3c(OC4CCN(C(=O)OC(C)C)CC4)ncnc23)cc1F. The Morgan fingerprint density at radius 3 is 2.51 bits per heavy atom. The van der Waals surface area contributed by atoms with Crippen LogP contribution in [-0.4, -0.2) is 72.4 Å². The van der Waals surface area contributed by atoms with Gasteiger partial charge in [-0.05, 0) is 41.4 Å². The minimum atomic E-state index is -2.95. The highest BCUT2D eigenvalue weighted by atomic mass is 32.2. The average Bonchev–Trinajstić information content (AvgIpc) is 3.11. The lowest BCUT2D eigenvalue weighted by Gasteiger charge is -2.31. The van der Waals surface area contributed by atoms with Crippen LogP contribution in [0.4, 0.5) is 13.6 Å². The minimum Gasteiger partial charge on any atom is -0.473 e. The summed E-state index contributed by atoms with van der Waals surface area (Å²) in [6.07, 6.45) is 2.92. The second kappa shape index (κ2) is 9.40. The number of carbonyl (C=O) groups is 1. The zero-order valence-electron chi connectivity index (χ0n) is 20.0. The summed E-state index contributed by atoms with van der Waals surface area (Å²) < 4.78 is 54.6. The molecule has 1 aromatic carbocycles. The Hall–Kier alpha value is -3.28. The molecule has 1 unspecified atom stereocenters. The normalized spacial score (nSPS) is 16.5. The van der Waals surface area contributed by atoms with Crippen LogP contribution in [0.25, 0.3) is 22.3 Å². The molecule has 9 nitrogen and oxygen atoms in total. The van der Waals surface area contributed by atoms with Crippen LogP contribution >= 0.6 is 0 Å². The van der Waals surface area contributed by atoms with Crippen molar-refractivity contribution < 1.29 is 27.3 Å². The Bertz CT molecular complexity index is 1380. The molecular weight excluding hydrogens is 480 g/mol. The van der Waals surface area contributed by atoms with Gasteiger partial charge in [-0.2, -0.15) is 10.1 Å². The van der Waals surface area contributed by atoms with Crippen molar-refractivity contribution in [3.63, 3.8) is 0 Å². The van der Waals surface area contributed by atoms with Crippen LogP contribution in [0.2, 0.25) is 0 Å². The van der Waals surface area contributed by atoms with Crippen LogP contribution in [0, 0.1) is 11.6 Å². The summed E-state index contributed by atoms with van der Waals surface area (Å²) in [6, 6.07) is 1.84. The number of piperidine rings is 1. The quantitative estimate of drug-likeness (QED) is 0.488. The first-order valence-corrected chi connectivity index (χ1v) is 13.2. The minimum absolute atomic E-state index is 0.107. The molecule has 1 fully saturated rings. The highest BCUT2D eigenvalue weighted by molar-refractivity contribution is 7.99. The van der Waals surface area contributed by atoms with E-state index in [1.807, 2.05) is 0 Å². The van der Waals surface area contributed by atoms with E-state index < -0.39 is 21.2 Å². The number of halogens is 2. The van der Waals surface area contributed by atoms with Crippen LogP contribution < -0.4 is 4.74 Å². The summed E-state index contributed by atoms with van der Waals surface area (Å²) in [7, 11) is -1.32. The van der Waals surface area contributed by atoms with Gasteiger partial charge in [0.15, 0.2) is 0 Å². The van der Waals surface area contributed by atoms with Crippen LogP contribution in [0.1, 0.15) is 26.7 Å². The first kappa shape index (κ1) is 24.8. The van der Waals surface area contributed by atoms with Gasteiger partial charge in [0.2, 0.25) is 5.88 Å². The highest BCUT2D eigenvalue weighted by Crippen LogP contribution is 2.34. The van der Waals surface area contributed by atoms with Gasteiger partial charge in [-0.1, -0.05) is 0 Å². The third-order valence-electron chi connectivity index (χ3n) is 5.64. The van der Waals surface area contributed by atoms with Crippen LogP contribution in [0.15, 0.2) is 23.4 Å². The molecule has 1 saturated heterocycles. The van der Waals surface area contributed by atoms with Crippen molar-refractivity contribution in [3.8, 4) is 17.1 Å². The number of fused-ring (bicyclic) bond motifs is 1. The summed E-state index contributed by atoms with van der Waals surface area (Å²) in [5.41, 5.74) is 0.690. The van der Waals surface area contributed by atoms with Gasteiger partial charge in [0, 0.05) is 44.8 Å². The van der Waals surface area contributed by atoms with E-state index in [4.69, 9.17) is 9.47 Å². The zero-order valence-corrected chi connectivity index (χ0v) is 20.8. The topological polar surface area (TPSA) is 99.4 Å². The Morgan fingerprint density at radius 1 is 1.20 bits per heavy atom. The third kappa shape index (κ3) is 5.07. The predicted octanol–water partition coefficient (Wildman–Crippen LogP) is 3.40. The third-order valence-corrected chi connectivity index (χ3v) is 6.89. The van der Waals surface area contributed by atoms with Crippen molar-refractivity contribution in [3.05, 3.63) is 30.1 Å². The van der Waals surface area contributed by atoms with Gasteiger partial charge in [-0.25, -0.2) is 18.6 Å². The van der Waals surface area contributed by atoms with E-state index in [0.717, 1.165) is 12.1 Å². The first-order valence-electron chi connectivity index (χ1n) is 11.1. The molecule has 3 aromatic rings. The number of nitrogens with zero attached hydrogens (tertiary/aromatic N) is 5. The Kier molecular flexibility index (Phi) is 6.67. The summed E-state index contributed by atoms with van der Waals surface area (Å²) in [6.45, 7) is 4.55. The maximum Gasteiger partial charge on any atom is 0.410 e. The van der Waals surface area contributed by atoms with E-state index in [-0.39, 0.29) is 45.9 Å². The molecule has 1 aliphatic rings. The number of hydrogen-bond donors (Lipinski definition) is 0. The van der Waals surface area contributed by atoms with Gasteiger partial charge in [-0.3, -0.25) is 8.89 Å². The molecule has 0 aliphatic carbocycles. The average molecular weight is 508 g/mol. The van der Waals surface area contributed by atoms with Gasteiger partial charge in [-0.15, -0.1) is 0 Å². The summed E-state index contributed by atoms with van der Waals surface area (Å²) in [4.78, 5) is 21.9. The van der Waals surface area contributed by atoms with E-state index in [1.54, 1.807) is 25.8 Å². The maximum atomic E-state index is 15.0. The number of aromatic nitrogens is 4. The molecular formula is C23H27F2N5O4S. The van der Waals surface area contributed by atoms with E-state index in [9.17, 15) is 17.8 Å².